The highest BCUT2D eigenvalue weighted by atomic mass is 16.4. The van der Waals surface area contributed by atoms with Crippen LogP contribution in [0.25, 0.3) is 0 Å². The number of rotatable bonds is 5. The average Bonchev–Trinajstić information content (AvgIpc) is 2.10. The maximum absolute atomic E-state index is 10.9. The minimum atomic E-state index is -2.28. The van der Waals surface area contributed by atoms with E-state index in [4.69, 9.17) is 10.2 Å². The minimum Gasteiger partial charge on any atom is -0.479 e. The third-order valence-corrected chi connectivity index (χ3v) is 1.78. The molecule has 0 bridgehead atoms. The van der Waals surface area contributed by atoms with Crippen molar-refractivity contribution >= 4 is 17.8 Å². The van der Waals surface area contributed by atoms with Crippen molar-refractivity contribution in [1.82, 2.24) is 5.32 Å². The van der Waals surface area contributed by atoms with Crippen molar-refractivity contribution in [3.63, 3.8) is 0 Å². The molecule has 6 heteroatoms. The lowest BCUT2D eigenvalue weighted by Crippen LogP contribution is -2.59. The first-order valence-corrected chi connectivity index (χ1v) is 4.23. The van der Waals surface area contributed by atoms with E-state index in [0.717, 1.165) is 6.92 Å². The second-order valence-corrected chi connectivity index (χ2v) is 2.97. The first-order valence-electron chi connectivity index (χ1n) is 4.23. The molecule has 0 rings (SSSR count). The quantitative estimate of drug-likeness (QED) is 0.442. The van der Waals surface area contributed by atoms with Crippen LogP contribution in [0.4, 0.5) is 0 Å². The maximum atomic E-state index is 10.9. The lowest BCUT2D eigenvalue weighted by Gasteiger charge is -2.23. The molecule has 0 spiro atoms. The van der Waals surface area contributed by atoms with E-state index >= 15 is 0 Å². The molecule has 3 N–H and O–H groups in total. The molecule has 0 radical (unpaired) electrons. The molecular weight excluding hydrogens is 202 g/mol. The van der Waals surface area contributed by atoms with Crippen molar-refractivity contribution in [1.29, 1.82) is 0 Å². The highest BCUT2D eigenvalue weighted by Gasteiger charge is 2.46. The van der Waals surface area contributed by atoms with Crippen molar-refractivity contribution in [2.24, 2.45) is 0 Å². The van der Waals surface area contributed by atoms with Crippen LogP contribution in [0.3, 0.4) is 0 Å². The summed E-state index contributed by atoms with van der Waals surface area (Å²) in [5.74, 6) is -3.89. The number of aliphatic carboxylic acids is 2. The number of carboxylic acids is 2. The standard InChI is InChI=1S/C9H13NO5/c1-3-4-5-9(7(12)13,8(14)15)10-6(2)11/h3-4H,5H2,1-2H3,(H,10,11)(H,12,13)(H,14,15)/b4-3-. The number of nitrogens with one attached hydrogen (secondary N) is 1. The van der Waals surface area contributed by atoms with Gasteiger partial charge in [-0.3, -0.25) is 4.79 Å². The first-order chi connectivity index (χ1) is 6.86. The van der Waals surface area contributed by atoms with Crippen molar-refractivity contribution in [2.75, 3.05) is 0 Å². The summed E-state index contributed by atoms with van der Waals surface area (Å²) in [5.41, 5.74) is -2.28. The number of hydrogen-bond acceptors (Lipinski definition) is 3. The van der Waals surface area contributed by atoms with E-state index in [9.17, 15) is 14.4 Å². The van der Waals surface area contributed by atoms with Gasteiger partial charge >= 0.3 is 11.9 Å². The van der Waals surface area contributed by atoms with Crippen LogP contribution < -0.4 is 5.32 Å². The zero-order chi connectivity index (χ0) is 12.1. The zero-order valence-corrected chi connectivity index (χ0v) is 8.48. The van der Waals surface area contributed by atoms with Crippen LogP contribution in [0.1, 0.15) is 20.3 Å². The lowest BCUT2D eigenvalue weighted by atomic mass is 9.95. The van der Waals surface area contributed by atoms with Gasteiger partial charge in [-0.2, -0.15) is 0 Å². The summed E-state index contributed by atoms with van der Waals surface area (Å²) in [7, 11) is 0. The molecule has 0 aromatic carbocycles. The van der Waals surface area contributed by atoms with Crippen molar-refractivity contribution in [2.45, 2.75) is 25.8 Å². The number of carbonyl (C=O) groups excluding carboxylic acids is 1. The second kappa shape index (κ2) is 5.14. The molecule has 1 amide bonds. The van der Waals surface area contributed by atoms with Crippen LogP contribution in [0.2, 0.25) is 0 Å². The lowest BCUT2D eigenvalue weighted by molar-refractivity contribution is -0.160. The van der Waals surface area contributed by atoms with Gasteiger partial charge in [-0.25, -0.2) is 9.59 Å². The van der Waals surface area contributed by atoms with Crippen LogP contribution in [-0.2, 0) is 14.4 Å². The zero-order valence-electron chi connectivity index (χ0n) is 8.48. The highest BCUT2D eigenvalue weighted by molar-refractivity contribution is 6.06. The van der Waals surface area contributed by atoms with Crippen molar-refractivity contribution in [3.05, 3.63) is 12.2 Å². The molecular formula is C9H13NO5. The molecule has 0 unspecified atom stereocenters. The Morgan fingerprint density at radius 2 is 1.73 bits per heavy atom. The Morgan fingerprint density at radius 1 is 1.27 bits per heavy atom. The molecule has 0 saturated heterocycles. The van der Waals surface area contributed by atoms with Gasteiger partial charge < -0.3 is 15.5 Å². The molecule has 0 heterocycles. The van der Waals surface area contributed by atoms with E-state index in [1.807, 2.05) is 5.32 Å². The Labute approximate surface area is 86.6 Å². The smallest absolute Gasteiger partial charge is 0.341 e. The SMILES string of the molecule is C/C=C\CC(NC(C)=O)(C(=O)O)C(=O)O. The van der Waals surface area contributed by atoms with E-state index in [-0.39, 0.29) is 6.42 Å². The topological polar surface area (TPSA) is 104 Å². The van der Waals surface area contributed by atoms with Gasteiger partial charge in [0.05, 0.1) is 0 Å². The van der Waals surface area contributed by atoms with Gasteiger partial charge in [-0.05, 0) is 6.92 Å². The number of carboxylic acid groups (broad SMARTS) is 2. The molecule has 0 aliphatic heterocycles. The van der Waals surface area contributed by atoms with Crippen LogP contribution in [0.15, 0.2) is 12.2 Å². The normalized spacial score (nSPS) is 11.3. The van der Waals surface area contributed by atoms with Gasteiger partial charge in [-0.1, -0.05) is 12.2 Å². The van der Waals surface area contributed by atoms with Crippen LogP contribution in [-0.4, -0.2) is 33.6 Å². The van der Waals surface area contributed by atoms with E-state index in [1.165, 1.54) is 12.2 Å². The van der Waals surface area contributed by atoms with Crippen molar-refractivity contribution in [3.8, 4) is 0 Å². The van der Waals surface area contributed by atoms with Gasteiger partial charge in [0.2, 0.25) is 11.4 Å². The van der Waals surface area contributed by atoms with Crippen molar-refractivity contribution < 1.29 is 24.6 Å². The Bertz CT molecular complexity index is 294. The molecule has 0 saturated carbocycles. The average molecular weight is 215 g/mol. The molecule has 0 aliphatic carbocycles. The van der Waals surface area contributed by atoms with E-state index < -0.39 is 23.4 Å². The Kier molecular flexibility index (Phi) is 4.50. The third kappa shape index (κ3) is 3.08. The summed E-state index contributed by atoms with van der Waals surface area (Å²) >= 11 is 0. The second-order valence-electron chi connectivity index (χ2n) is 2.97. The maximum Gasteiger partial charge on any atom is 0.341 e. The molecule has 0 fully saturated rings. The monoisotopic (exact) mass is 215 g/mol. The summed E-state index contributed by atoms with van der Waals surface area (Å²) < 4.78 is 0. The summed E-state index contributed by atoms with van der Waals surface area (Å²) in [6.07, 6.45) is 2.59. The molecule has 0 aliphatic rings. The number of amides is 1. The number of hydrogen-bond donors (Lipinski definition) is 3. The van der Waals surface area contributed by atoms with E-state index in [2.05, 4.69) is 0 Å². The van der Waals surface area contributed by atoms with Crippen LogP contribution in [0, 0.1) is 0 Å². The third-order valence-electron chi connectivity index (χ3n) is 1.78. The summed E-state index contributed by atoms with van der Waals surface area (Å²) in [6, 6.07) is 0. The fraction of sp³-hybridized carbons (Fsp3) is 0.444. The predicted molar refractivity (Wildman–Crippen MR) is 51.3 cm³/mol. The van der Waals surface area contributed by atoms with Gasteiger partial charge in [0.15, 0.2) is 0 Å². The molecule has 0 aromatic rings. The Hall–Kier alpha value is -1.85. The predicted octanol–water partition coefficient (Wildman–Crippen LogP) is -0.00330. The number of allylic oxidation sites excluding steroid dienone is 1. The molecule has 84 valence electrons. The summed E-state index contributed by atoms with van der Waals surface area (Å²) in [5, 5.41) is 19.6. The molecule has 0 atom stereocenters. The van der Waals surface area contributed by atoms with Gasteiger partial charge in [-0.15, -0.1) is 0 Å². The minimum absolute atomic E-state index is 0.298. The van der Waals surface area contributed by atoms with Gasteiger partial charge in [0.25, 0.3) is 0 Å². The Morgan fingerprint density at radius 3 is 2.00 bits per heavy atom. The Balaban J connectivity index is 5.16. The summed E-state index contributed by atoms with van der Waals surface area (Å²) in [4.78, 5) is 32.5. The fourth-order valence-corrected chi connectivity index (χ4v) is 1.02. The van der Waals surface area contributed by atoms with Gasteiger partial charge in [0, 0.05) is 13.3 Å². The van der Waals surface area contributed by atoms with E-state index in [1.54, 1.807) is 6.92 Å². The van der Waals surface area contributed by atoms with Crippen LogP contribution >= 0.6 is 0 Å². The summed E-state index contributed by atoms with van der Waals surface area (Å²) in [6.45, 7) is 2.69. The van der Waals surface area contributed by atoms with E-state index in [0.29, 0.717) is 0 Å². The van der Waals surface area contributed by atoms with Gasteiger partial charge in [0.1, 0.15) is 0 Å². The number of carbonyl (C=O) groups is 3. The molecule has 15 heavy (non-hydrogen) atoms. The van der Waals surface area contributed by atoms with Crippen LogP contribution in [0.5, 0.6) is 0 Å². The first kappa shape index (κ1) is 13.2. The molecule has 0 aromatic heterocycles. The largest absolute Gasteiger partial charge is 0.479 e. The fourth-order valence-electron chi connectivity index (χ4n) is 1.02. The highest BCUT2D eigenvalue weighted by Crippen LogP contribution is 2.12. The molecule has 6 nitrogen and oxygen atoms in total.